The van der Waals surface area contributed by atoms with Crippen LogP contribution >= 0.6 is 39.9 Å². The van der Waals surface area contributed by atoms with Gasteiger partial charge >= 0.3 is 5.97 Å². The quantitative estimate of drug-likeness (QED) is 0.598. The topological polar surface area (TPSA) is 76.1 Å². The van der Waals surface area contributed by atoms with Crippen LogP contribution in [0.15, 0.2) is 21.5 Å². The number of carbonyl (C=O) groups excluding carboxylic acids is 1. The van der Waals surface area contributed by atoms with Gasteiger partial charge in [-0.05, 0) is 39.7 Å². The Morgan fingerprint density at radius 1 is 1.48 bits per heavy atom. The maximum Gasteiger partial charge on any atom is 0.305 e. The standard InChI is InChI=1S/C14H10BrNO5S2/c15-8-3-7(4-9-12(8)21-6-20-9)5-10-13(19)16(14(22)23-10)2-1-11(17)18/h3-5H,1-2,6H2,(H,17,18)/b10-5-. The molecule has 0 aliphatic carbocycles. The van der Waals surface area contributed by atoms with Crippen molar-refractivity contribution in [3.8, 4) is 11.5 Å². The number of thioether (sulfide) groups is 1. The van der Waals surface area contributed by atoms with E-state index >= 15 is 0 Å². The number of carboxylic acids is 1. The fourth-order valence-electron chi connectivity index (χ4n) is 2.12. The van der Waals surface area contributed by atoms with Gasteiger partial charge < -0.3 is 14.6 Å². The highest BCUT2D eigenvalue weighted by Gasteiger charge is 2.32. The molecule has 0 unspecified atom stereocenters. The number of aliphatic carboxylic acids is 1. The molecule has 1 aromatic carbocycles. The fourth-order valence-corrected chi connectivity index (χ4v) is 4.00. The van der Waals surface area contributed by atoms with Crippen LogP contribution in [0.4, 0.5) is 0 Å². The van der Waals surface area contributed by atoms with Crippen molar-refractivity contribution < 1.29 is 24.2 Å². The molecule has 2 heterocycles. The average molecular weight is 416 g/mol. The molecule has 23 heavy (non-hydrogen) atoms. The number of thiocarbonyl (C=S) groups is 1. The van der Waals surface area contributed by atoms with Crippen LogP contribution in [0.1, 0.15) is 12.0 Å². The number of ether oxygens (including phenoxy) is 2. The van der Waals surface area contributed by atoms with Crippen LogP contribution in [-0.2, 0) is 9.59 Å². The van der Waals surface area contributed by atoms with Gasteiger partial charge in [0.15, 0.2) is 11.5 Å². The molecule has 1 saturated heterocycles. The molecule has 0 radical (unpaired) electrons. The minimum absolute atomic E-state index is 0.0716. The Morgan fingerprint density at radius 3 is 3.00 bits per heavy atom. The molecule has 0 atom stereocenters. The fraction of sp³-hybridized carbons (Fsp3) is 0.214. The highest BCUT2D eigenvalue weighted by molar-refractivity contribution is 9.10. The van der Waals surface area contributed by atoms with Gasteiger partial charge in [0.2, 0.25) is 6.79 Å². The number of carbonyl (C=O) groups is 2. The molecule has 0 saturated carbocycles. The number of hydrogen-bond acceptors (Lipinski definition) is 6. The molecule has 1 aromatic rings. The summed E-state index contributed by atoms with van der Waals surface area (Å²) in [4.78, 5) is 24.8. The number of fused-ring (bicyclic) bond motifs is 1. The van der Waals surface area contributed by atoms with Gasteiger partial charge in [-0.15, -0.1) is 0 Å². The van der Waals surface area contributed by atoms with Crippen LogP contribution in [0.25, 0.3) is 6.08 Å². The van der Waals surface area contributed by atoms with E-state index in [2.05, 4.69) is 15.9 Å². The second kappa shape index (κ2) is 6.50. The Morgan fingerprint density at radius 2 is 2.26 bits per heavy atom. The lowest BCUT2D eigenvalue weighted by Gasteiger charge is -2.12. The van der Waals surface area contributed by atoms with Crippen LogP contribution in [0.3, 0.4) is 0 Å². The molecular formula is C14H10BrNO5S2. The summed E-state index contributed by atoms with van der Waals surface area (Å²) in [5.74, 6) is -0.0130. The minimum atomic E-state index is -0.970. The molecule has 2 aliphatic heterocycles. The SMILES string of the molecule is O=C(O)CCN1C(=O)/C(=C/c2cc(Br)c3c(c2)OCO3)SC1=S. The summed E-state index contributed by atoms with van der Waals surface area (Å²) in [6.45, 7) is 0.233. The molecule has 9 heteroatoms. The average Bonchev–Trinajstić information content (AvgIpc) is 3.04. The Kier molecular flexibility index (Phi) is 4.60. The summed E-state index contributed by atoms with van der Waals surface area (Å²) < 4.78 is 11.8. The summed E-state index contributed by atoms with van der Waals surface area (Å²) in [5, 5.41) is 8.73. The number of carboxylic acid groups (broad SMARTS) is 1. The second-order valence-electron chi connectivity index (χ2n) is 4.71. The zero-order valence-electron chi connectivity index (χ0n) is 11.6. The third kappa shape index (κ3) is 3.36. The van der Waals surface area contributed by atoms with Gasteiger partial charge in [-0.1, -0.05) is 24.0 Å². The first-order chi connectivity index (χ1) is 11.0. The monoisotopic (exact) mass is 415 g/mol. The van der Waals surface area contributed by atoms with Crippen molar-refractivity contribution in [2.75, 3.05) is 13.3 Å². The number of amides is 1. The molecule has 1 amide bonds. The molecule has 2 aliphatic rings. The third-order valence-corrected chi connectivity index (χ3v) is 5.14. The molecule has 3 rings (SSSR count). The van der Waals surface area contributed by atoms with Crippen molar-refractivity contribution in [1.82, 2.24) is 4.90 Å². The van der Waals surface area contributed by atoms with Gasteiger partial charge in [-0.2, -0.15) is 0 Å². The van der Waals surface area contributed by atoms with Crippen molar-refractivity contribution in [3.63, 3.8) is 0 Å². The first-order valence-electron chi connectivity index (χ1n) is 6.52. The first-order valence-corrected chi connectivity index (χ1v) is 8.54. The molecule has 6 nitrogen and oxygen atoms in total. The zero-order chi connectivity index (χ0) is 16.6. The van der Waals surface area contributed by atoms with Crippen LogP contribution in [0.5, 0.6) is 11.5 Å². The van der Waals surface area contributed by atoms with Crippen molar-refractivity contribution in [2.24, 2.45) is 0 Å². The van der Waals surface area contributed by atoms with Crippen LogP contribution in [0.2, 0.25) is 0 Å². The lowest BCUT2D eigenvalue weighted by atomic mass is 10.2. The number of nitrogens with zero attached hydrogens (tertiary/aromatic N) is 1. The Bertz CT molecular complexity index is 749. The van der Waals surface area contributed by atoms with Crippen molar-refractivity contribution in [1.29, 1.82) is 0 Å². The van der Waals surface area contributed by atoms with E-state index in [0.29, 0.717) is 20.7 Å². The largest absolute Gasteiger partial charge is 0.481 e. The Balaban J connectivity index is 1.83. The molecule has 0 bridgehead atoms. The predicted molar refractivity (Wildman–Crippen MR) is 92.4 cm³/mol. The van der Waals surface area contributed by atoms with Crippen LogP contribution < -0.4 is 9.47 Å². The minimum Gasteiger partial charge on any atom is -0.481 e. The maximum absolute atomic E-state index is 12.3. The lowest BCUT2D eigenvalue weighted by molar-refractivity contribution is -0.137. The smallest absolute Gasteiger partial charge is 0.305 e. The number of hydrogen-bond donors (Lipinski definition) is 1. The number of rotatable bonds is 4. The van der Waals surface area contributed by atoms with E-state index in [1.54, 1.807) is 12.1 Å². The van der Waals surface area contributed by atoms with Crippen LogP contribution in [-0.4, -0.2) is 39.5 Å². The number of benzene rings is 1. The van der Waals surface area contributed by atoms with Crippen molar-refractivity contribution >= 4 is 62.2 Å². The molecule has 0 aromatic heterocycles. The third-order valence-electron chi connectivity index (χ3n) is 3.17. The normalized spacial score (nSPS) is 18.1. The molecule has 0 spiro atoms. The van der Waals surface area contributed by atoms with E-state index in [1.807, 2.05) is 6.07 Å². The predicted octanol–water partition coefficient (Wildman–Crippen LogP) is 2.85. The summed E-state index contributed by atoms with van der Waals surface area (Å²) in [6.07, 6.45) is 1.56. The lowest BCUT2D eigenvalue weighted by Crippen LogP contribution is -2.30. The maximum atomic E-state index is 12.3. The number of halogens is 1. The van der Waals surface area contributed by atoms with Gasteiger partial charge in [-0.3, -0.25) is 14.5 Å². The van der Waals surface area contributed by atoms with E-state index < -0.39 is 5.97 Å². The van der Waals surface area contributed by atoms with E-state index in [9.17, 15) is 9.59 Å². The second-order valence-corrected chi connectivity index (χ2v) is 7.24. The zero-order valence-corrected chi connectivity index (χ0v) is 14.8. The van der Waals surface area contributed by atoms with Gasteiger partial charge in [0.1, 0.15) is 4.32 Å². The highest BCUT2D eigenvalue weighted by Crippen LogP contribution is 2.41. The van der Waals surface area contributed by atoms with E-state index in [1.165, 1.54) is 4.90 Å². The molecule has 1 N–H and O–H groups in total. The summed E-state index contributed by atoms with van der Waals surface area (Å²) in [6, 6.07) is 3.59. The van der Waals surface area contributed by atoms with Crippen molar-refractivity contribution in [3.05, 3.63) is 27.1 Å². The van der Waals surface area contributed by atoms with Gasteiger partial charge in [0, 0.05) is 6.54 Å². The summed E-state index contributed by atoms with van der Waals surface area (Å²) in [5.41, 5.74) is 0.764. The summed E-state index contributed by atoms with van der Waals surface area (Å²) in [7, 11) is 0. The molecule has 120 valence electrons. The van der Waals surface area contributed by atoms with E-state index in [0.717, 1.165) is 21.8 Å². The van der Waals surface area contributed by atoms with Gasteiger partial charge in [0.25, 0.3) is 5.91 Å². The van der Waals surface area contributed by atoms with Gasteiger partial charge in [0.05, 0.1) is 15.8 Å². The Labute approximate surface area is 149 Å². The highest BCUT2D eigenvalue weighted by atomic mass is 79.9. The van der Waals surface area contributed by atoms with Crippen molar-refractivity contribution in [2.45, 2.75) is 6.42 Å². The van der Waals surface area contributed by atoms with Crippen LogP contribution in [0, 0.1) is 0 Å². The Hall–Kier alpha value is -1.58. The first kappa shape index (κ1) is 16.3. The molecular weight excluding hydrogens is 406 g/mol. The van der Waals surface area contributed by atoms with E-state index in [-0.39, 0.29) is 25.7 Å². The van der Waals surface area contributed by atoms with E-state index in [4.69, 9.17) is 26.8 Å². The summed E-state index contributed by atoms with van der Waals surface area (Å²) >= 11 is 9.70. The van der Waals surface area contributed by atoms with Gasteiger partial charge in [-0.25, -0.2) is 0 Å². The molecule has 1 fully saturated rings.